The lowest BCUT2D eigenvalue weighted by molar-refractivity contribution is -0.213. The Bertz CT molecular complexity index is 1170. The quantitative estimate of drug-likeness (QED) is 0.0295. The van der Waals surface area contributed by atoms with Crippen molar-refractivity contribution in [2.75, 3.05) is 12.4 Å². The van der Waals surface area contributed by atoms with Gasteiger partial charge in [-0.1, -0.05) is 103 Å². The van der Waals surface area contributed by atoms with Gasteiger partial charge in [-0.05, 0) is 19.3 Å². The van der Waals surface area contributed by atoms with E-state index in [-0.39, 0.29) is 23.7 Å². The zero-order valence-corrected chi connectivity index (χ0v) is 33.4. The molecule has 22 heteroatoms. The number of thioether (sulfide) groups is 1. The van der Waals surface area contributed by atoms with Crippen molar-refractivity contribution in [1.82, 2.24) is 0 Å². The summed E-state index contributed by atoms with van der Waals surface area (Å²) in [6, 6.07) is 0. The average Bonchev–Trinajstić information content (AvgIpc) is 3.04. The lowest BCUT2D eigenvalue weighted by atomic mass is 9.85. The normalized spacial score (nSPS) is 24.3. The molecule has 1 fully saturated rings. The third kappa shape index (κ3) is 22.3. The van der Waals surface area contributed by atoms with E-state index in [9.17, 15) is 53.3 Å². The van der Waals surface area contributed by atoms with Gasteiger partial charge in [0.1, 0.15) is 42.7 Å². The number of aliphatic hydroxyl groups is 3. The van der Waals surface area contributed by atoms with Crippen LogP contribution in [0.3, 0.4) is 0 Å². The van der Waals surface area contributed by atoms with E-state index in [2.05, 4.69) is 16.0 Å². The Morgan fingerprint density at radius 2 is 1.08 bits per heavy atom. The first-order valence-corrected chi connectivity index (χ1v) is 23.4. The van der Waals surface area contributed by atoms with Gasteiger partial charge in [0.05, 0.1) is 6.61 Å². The smallest absolute Gasteiger partial charge is 0.460 e. The summed E-state index contributed by atoms with van der Waals surface area (Å²) in [4.78, 5) is 71.8. The minimum Gasteiger partial charge on any atom is -0.460 e. The van der Waals surface area contributed by atoms with Crippen molar-refractivity contribution in [2.24, 2.45) is 0 Å². The third-order valence-corrected chi connectivity index (χ3v) is 11.1. The highest BCUT2D eigenvalue weighted by Gasteiger charge is 2.56. The molecule has 308 valence electrons. The second kappa shape index (κ2) is 25.8. The summed E-state index contributed by atoms with van der Waals surface area (Å²) in [5, 5.41) is 31.4. The lowest BCUT2D eigenvalue weighted by Gasteiger charge is -2.44. The number of phosphoric acid groups is 3. The summed E-state index contributed by atoms with van der Waals surface area (Å²) in [6.45, 7) is 3.28. The van der Waals surface area contributed by atoms with Crippen LogP contribution in [0.5, 0.6) is 0 Å². The SMILES string of the molecule is CCCCCCCCCCCCCCCC(=O)O[C@H](CCSC(=O)CCC)COP(=O)(O)OC1C(O)[C@@H](OP(=O)(O)O)C(OP(=O)(O)O)[C@@H](O)[C@H]1O. The van der Waals surface area contributed by atoms with E-state index < -0.39 is 78.8 Å². The molecule has 1 aliphatic rings. The number of carbonyl (C=O) groups excluding carboxylic acids is 2. The molecule has 0 amide bonds. The number of aliphatic hydroxyl groups excluding tert-OH is 3. The standard InChI is InChI=1S/C30H59O18P3S/c1-3-5-6-7-8-9-10-11-12-13-14-15-16-18-23(31)45-22(19-20-52-24(32)17-4-2)21-44-51(42,43)48-28-25(33)26(34)29(46-49(36,37)38)30(27(28)35)47-50(39,40)41/h22,25-30,33-35H,3-21H2,1-2H3,(H,42,43)(H2,36,37,38)(H2,39,40,41)/t22-,25-,26+,27?,28?,29?,30-/m1/s1. The molecule has 0 saturated heterocycles. The average molecular weight is 833 g/mol. The van der Waals surface area contributed by atoms with E-state index in [0.29, 0.717) is 19.3 Å². The van der Waals surface area contributed by atoms with E-state index in [1.807, 2.05) is 6.92 Å². The zero-order valence-electron chi connectivity index (χ0n) is 29.9. The fraction of sp³-hybridized carbons (Fsp3) is 0.933. The van der Waals surface area contributed by atoms with Crippen LogP contribution in [0.15, 0.2) is 0 Å². The van der Waals surface area contributed by atoms with Crippen molar-refractivity contribution >= 4 is 46.3 Å². The predicted octanol–water partition coefficient (Wildman–Crippen LogP) is 4.38. The summed E-state index contributed by atoms with van der Waals surface area (Å²) in [6.07, 6.45) is -0.289. The molecule has 0 aliphatic heterocycles. The highest BCUT2D eigenvalue weighted by Crippen LogP contribution is 2.51. The van der Waals surface area contributed by atoms with Gasteiger partial charge in [-0.3, -0.25) is 27.7 Å². The van der Waals surface area contributed by atoms with Crippen molar-refractivity contribution in [3.05, 3.63) is 0 Å². The van der Waals surface area contributed by atoms with Gasteiger partial charge in [0.2, 0.25) is 0 Å². The van der Waals surface area contributed by atoms with Gasteiger partial charge < -0.3 is 44.5 Å². The molecule has 52 heavy (non-hydrogen) atoms. The number of phosphoric ester groups is 3. The molecule has 1 rings (SSSR count). The van der Waals surface area contributed by atoms with Gasteiger partial charge >= 0.3 is 29.4 Å². The maximum atomic E-state index is 12.9. The number of esters is 1. The van der Waals surface area contributed by atoms with Crippen molar-refractivity contribution in [3.8, 4) is 0 Å². The number of hydrogen-bond acceptors (Lipinski definition) is 14. The fourth-order valence-corrected chi connectivity index (χ4v) is 8.56. The van der Waals surface area contributed by atoms with Crippen LogP contribution in [0, 0.1) is 0 Å². The molecule has 0 aromatic carbocycles. The Labute approximate surface area is 309 Å². The Morgan fingerprint density at radius 3 is 1.56 bits per heavy atom. The number of rotatable bonds is 29. The molecule has 8 N–H and O–H groups in total. The first-order valence-electron chi connectivity index (χ1n) is 17.8. The van der Waals surface area contributed by atoms with Gasteiger partial charge in [-0.15, -0.1) is 0 Å². The predicted molar refractivity (Wildman–Crippen MR) is 190 cm³/mol. The van der Waals surface area contributed by atoms with Gasteiger partial charge in [-0.2, -0.15) is 0 Å². The monoisotopic (exact) mass is 832 g/mol. The number of carbonyl (C=O) groups is 2. The molecular weight excluding hydrogens is 773 g/mol. The largest absolute Gasteiger partial charge is 0.472 e. The molecule has 0 heterocycles. The van der Waals surface area contributed by atoms with E-state index in [0.717, 1.165) is 37.4 Å². The van der Waals surface area contributed by atoms with E-state index >= 15 is 0 Å². The second-order valence-electron chi connectivity index (χ2n) is 12.8. The molecule has 8 atom stereocenters. The van der Waals surface area contributed by atoms with Crippen LogP contribution in [0.4, 0.5) is 0 Å². The van der Waals surface area contributed by atoms with E-state index in [1.54, 1.807) is 0 Å². The number of unbranched alkanes of at least 4 members (excludes halogenated alkanes) is 12. The minimum absolute atomic E-state index is 0.0252. The maximum Gasteiger partial charge on any atom is 0.472 e. The molecule has 0 aromatic heterocycles. The topological polar surface area (TPSA) is 293 Å². The molecule has 0 spiro atoms. The number of ether oxygens (including phenoxy) is 1. The van der Waals surface area contributed by atoms with Crippen LogP contribution in [0.2, 0.25) is 0 Å². The second-order valence-corrected chi connectivity index (χ2v) is 17.7. The van der Waals surface area contributed by atoms with Crippen molar-refractivity contribution in [2.45, 2.75) is 166 Å². The van der Waals surface area contributed by atoms with Gasteiger partial charge in [-0.25, -0.2) is 13.7 Å². The molecule has 0 bridgehead atoms. The van der Waals surface area contributed by atoms with Crippen LogP contribution in [-0.2, 0) is 46.1 Å². The van der Waals surface area contributed by atoms with E-state index in [1.165, 1.54) is 51.4 Å². The maximum absolute atomic E-state index is 12.9. The Hall–Kier alpha value is -0.300. The lowest BCUT2D eigenvalue weighted by Crippen LogP contribution is -2.65. The summed E-state index contributed by atoms with van der Waals surface area (Å²) in [5.74, 6) is -0.436. The van der Waals surface area contributed by atoms with Gasteiger partial charge in [0.25, 0.3) is 0 Å². The highest BCUT2D eigenvalue weighted by molar-refractivity contribution is 8.13. The Balaban J connectivity index is 2.75. The van der Waals surface area contributed by atoms with Crippen molar-refractivity contribution in [3.63, 3.8) is 0 Å². The van der Waals surface area contributed by atoms with Gasteiger partial charge in [0.15, 0.2) is 5.12 Å². The molecule has 1 aliphatic carbocycles. The Morgan fingerprint density at radius 1 is 0.615 bits per heavy atom. The first-order chi connectivity index (χ1) is 24.3. The number of hydrogen-bond donors (Lipinski definition) is 8. The molecule has 4 unspecified atom stereocenters. The molecule has 1 saturated carbocycles. The highest BCUT2D eigenvalue weighted by atomic mass is 32.2. The molecule has 18 nitrogen and oxygen atoms in total. The van der Waals surface area contributed by atoms with Crippen molar-refractivity contribution in [1.29, 1.82) is 0 Å². The third-order valence-electron chi connectivity index (χ3n) is 8.16. The molecule has 0 aromatic rings. The van der Waals surface area contributed by atoms with Crippen LogP contribution in [0.25, 0.3) is 0 Å². The summed E-state index contributed by atoms with van der Waals surface area (Å²) in [5.41, 5.74) is 0. The van der Waals surface area contributed by atoms with Crippen LogP contribution in [-0.4, -0.2) is 106 Å². The Kier molecular flexibility index (Phi) is 24.6. The summed E-state index contributed by atoms with van der Waals surface area (Å²) >= 11 is 0.978. The van der Waals surface area contributed by atoms with Crippen LogP contribution < -0.4 is 0 Å². The van der Waals surface area contributed by atoms with Crippen molar-refractivity contribution < 1.29 is 85.9 Å². The first kappa shape index (κ1) is 49.7. The summed E-state index contributed by atoms with van der Waals surface area (Å²) in [7, 11) is -16.4. The summed E-state index contributed by atoms with van der Waals surface area (Å²) < 4.78 is 59.6. The molecule has 0 radical (unpaired) electrons. The minimum atomic E-state index is -5.56. The zero-order chi connectivity index (χ0) is 39.4. The fourth-order valence-electron chi connectivity index (χ4n) is 5.50. The van der Waals surface area contributed by atoms with Crippen LogP contribution >= 0.6 is 35.2 Å². The van der Waals surface area contributed by atoms with Crippen LogP contribution in [0.1, 0.15) is 123 Å². The molecular formula is C30H59O18P3S. The van der Waals surface area contributed by atoms with Gasteiger partial charge in [0, 0.05) is 18.6 Å². The van der Waals surface area contributed by atoms with E-state index in [4.69, 9.17) is 23.6 Å².